The van der Waals surface area contributed by atoms with Crippen LogP contribution in [-0.2, 0) is 9.53 Å². The van der Waals surface area contributed by atoms with Crippen molar-refractivity contribution in [3.63, 3.8) is 0 Å². The van der Waals surface area contributed by atoms with Gasteiger partial charge in [-0.25, -0.2) is 0 Å². The number of morpholine rings is 1. The first-order chi connectivity index (χ1) is 5.52. The van der Waals surface area contributed by atoms with Crippen LogP contribution in [0.5, 0.6) is 0 Å². The summed E-state index contributed by atoms with van der Waals surface area (Å²) in [4.78, 5) is 8.53. The quantitative estimate of drug-likeness (QED) is 0.639. The van der Waals surface area contributed by atoms with E-state index in [9.17, 15) is 13.6 Å². The van der Waals surface area contributed by atoms with Crippen molar-refractivity contribution in [1.82, 2.24) is 4.90 Å². The van der Waals surface area contributed by atoms with Crippen molar-refractivity contribution in [1.29, 1.82) is 0 Å². The Morgan fingerprint density at radius 2 is 1.92 bits per heavy atom. The molecule has 0 aromatic heterocycles. The Kier molecular flexibility index (Phi) is 3.00. The Labute approximate surface area is 76.8 Å². The minimum absolute atomic E-state index is 0.236. The lowest BCUT2D eigenvalue weighted by atomic mass is 10.4. The summed E-state index contributed by atoms with van der Waals surface area (Å²) in [6, 6.07) is 0. The van der Waals surface area contributed by atoms with E-state index in [1.54, 1.807) is 0 Å². The monoisotopic (exact) mass is 243 g/mol. The summed E-state index contributed by atoms with van der Waals surface area (Å²) in [6.07, 6.45) is 0. The first-order valence-corrected chi connectivity index (χ1v) is 4.25. The number of carbonyl (C=O) groups is 1. The molecule has 0 N–H and O–H groups in total. The molecule has 1 heterocycles. The van der Waals surface area contributed by atoms with Gasteiger partial charge in [0.25, 0.3) is 0 Å². The average molecular weight is 244 g/mol. The molecule has 70 valence electrons. The fourth-order valence-corrected chi connectivity index (χ4v) is 1.20. The predicted octanol–water partition coefficient (Wildman–Crippen LogP) is 0.833. The lowest BCUT2D eigenvalue weighted by Gasteiger charge is -2.28. The topological polar surface area (TPSA) is 29.5 Å². The average Bonchev–Trinajstić information content (AvgIpc) is 2.03. The van der Waals surface area contributed by atoms with E-state index < -0.39 is 10.7 Å². The third kappa shape index (κ3) is 2.38. The molecule has 1 fully saturated rings. The number of ether oxygens (including phenoxy) is 1. The fraction of sp³-hybridized carbons (Fsp3) is 0.833. The number of carbonyl (C=O) groups excluding carboxylic acids is 1. The van der Waals surface area contributed by atoms with E-state index in [1.807, 2.05) is 15.9 Å². The van der Waals surface area contributed by atoms with Crippen LogP contribution in [0.4, 0.5) is 8.78 Å². The highest BCUT2D eigenvalue weighted by Gasteiger charge is 2.39. The van der Waals surface area contributed by atoms with Gasteiger partial charge in [0.2, 0.25) is 0 Å². The summed E-state index contributed by atoms with van der Waals surface area (Å²) in [5.41, 5.74) is 0. The summed E-state index contributed by atoms with van der Waals surface area (Å²) >= 11 is 2.01. The van der Waals surface area contributed by atoms with Crippen LogP contribution >= 0.6 is 15.9 Å². The summed E-state index contributed by atoms with van der Waals surface area (Å²) in [5.74, 6) is -1.19. The van der Waals surface area contributed by atoms with Crippen LogP contribution in [-0.4, -0.2) is 41.9 Å². The molecule has 0 unspecified atom stereocenters. The Morgan fingerprint density at radius 3 is 2.33 bits per heavy atom. The number of hydrogen-bond acceptors (Lipinski definition) is 2. The van der Waals surface area contributed by atoms with Gasteiger partial charge < -0.3 is 9.64 Å². The molecular weight excluding hydrogens is 236 g/mol. The molecule has 0 aromatic carbocycles. The van der Waals surface area contributed by atoms with Gasteiger partial charge in [0.1, 0.15) is 0 Å². The number of amides is 1. The molecular formula is C6H8BrF2NO2. The van der Waals surface area contributed by atoms with Gasteiger partial charge in [0.15, 0.2) is 0 Å². The molecule has 0 aromatic rings. The van der Waals surface area contributed by atoms with Crippen molar-refractivity contribution in [2.45, 2.75) is 4.83 Å². The normalized spacial score (nSPS) is 19.4. The van der Waals surface area contributed by atoms with Gasteiger partial charge in [-0.15, -0.1) is 0 Å². The largest absolute Gasteiger partial charge is 0.378 e. The molecule has 0 saturated carbocycles. The molecule has 1 amide bonds. The minimum Gasteiger partial charge on any atom is -0.378 e. The third-order valence-electron chi connectivity index (χ3n) is 1.54. The van der Waals surface area contributed by atoms with E-state index in [0.717, 1.165) is 4.90 Å². The molecule has 12 heavy (non-hydrogen) atoms. The highest BCUT2D eigenvalue weighted by atomic mass is 79.9. The Balaban J connectivity index is 2.51. The highest BCUT2D eigenvalue weighted by molar-refractivity contribution is 9.10. The molecule has 0 aliphatic carbocycles. The molecule has 0 atom stereocenters. The van der Waals surface area contributed by atoms with Gasteiger partial charge in [-0.2, -0.15) is 8.78 Å². The Hall–Kier alpha value is -0.230. The van der Waals surface area contributed by atoms with E-state index in [4.69, 9.17) is 4.74 Å². The number of alkyl halides is 3. The molecule has 3 nitrogen and oxygen atoms in total. The summed E-state index contributed by atoms with van der Waals surface area (Å²) in [5, 5.41) is 0. The van der Waals surface area contributed by atoms with Gasteiger partial charge in [-0.3, -0.25) is 4.79 Å². The van der Waals surface area contributed by atoms with E-state index >= 15 is 0 Å². The van der Waals surface area contributed by atoms with Gasteiger partial charge >= 0.3 is 10.7 Å². The molecule has 1 aliphatic heterocycles. The van der Waals surface area contributed by atoms with Crippen LogP contribution in [0.3, 0.4) is 0 Å². The Bertz CT molecular complexity index is 177. The highest BCUT2D eigenvalue weighted by Crippen LogP contribution is 2.24. The van der Waals surface area contributed by atoms with Gasteiger partial charge in [0, 0.05) is 29.0 Å². The standard InChI is InChI=1S/C6H8BrF2NO2/c7-6(8,9)5(11)10-1-3-12-4-2-10/h1-4H2. The fourth-order valence-electron chi connectivity index (χ4n) is 0.946. The molecule has 0 spiro atoms. The second-order valence-corrected chi connectivity index (χ2v) is 3.40. The lowest BCUT2D eigenvalue weighted by Crippen LogP contribution is -2.46. The molecule has 1 rings (SSSR count). The lowest BCUT2D eigenvalue weighted by molar-refractivity contribution is -0.149. The molecule has 6 heteroatoms. The predicted molar refractivity (Wildman–Crippen MR) is 41.3 cm³/mol. The maximum Gasteiger partial charge on any atom is 0.377 e. The number of halogens is 3. The van der Waals surface area contributed by atoms with Crippen LogP contribution in [0.1, 0.15) is 0 Å². The minimum atomic E-state index is -3.44. The number of hydrogen-bond donors (Lipinski definition) is 0. The van der Waals surface area contributed by atoms with Crippen LogP contribution < -0.4 is 0 Å². The third-order valence-corrected chi connectivity index (χ3v) is 1.88. The second-order valence-electron chi connectivity index (χ2n) is 2.40. The zero-order valence-electron chi connectivity index (χ0n) is 6.23. The van der Waals surface area contributed by atoms with Crippen molar-refractivity contribution in [2.75, 3.05) is 26.3 Å². The number of nitrogens with zero attached hydrogens (tertiary/aromatic N) is 1. The van der Waals surface area contributed by atoms with E-state index in [2.05, 4.69) is 0 Å². The van der Waals surface area contributed by atoms with Gasteiger partial charge in [-0.05, 0) is 0 Å². The van der Waals surface area contributed by atoms with Crippen LogP contribution in [0, 0.1) is 0 Å². The molecule has 0 radical (unpaired) electrons. The molecule has 1 saturated heterocycles. The van der Waals surface area contributed by atoms with E-state index in [1.165, 1.54) is 0 Å². The van der Waals surface area contributed by atoms with Gasteiger partial charge in [-0.1, -0.05) is 0 Å². The SMILES string of the molecule is O=C(N1CCOCC1)C(F)(F)Br. The zero-order valence-corrected chi connectivity index (χ0v) is 7.81. The first kappa shape index (κ1) is 9.85. The van der Waals surface area contributed by atoms with Crippen molar-refractivity contribution in [3.8, 4) is 0 Å². The maximum atomic E-state index is 12.4. The molecule has 0 bridgehead atoms. The summed E-state index contributed by atoms with van der Waals surface area (Å²) in [6.45, 7) is 1.13. The van der Waals surface area contributed by atoms with Crippen LogP contribution in [0.25, 0.3) is 0 Å². The number of rotatable bonds is 1. The van der Waals surface area contributed by atoms with Crippen molar-refractivity contribution >= 4 is 21.8 Å². The molecule has 1 aliphatic rings. The van der Waals surface area contributed by atoms with Crippen molar-refractivity contribution in [3.05, 3.63) is 0 Å². The van der Waals surface area contributed by atoms with Crippen LogP contribution in [0.15, 0.2) is 0 Å². The van der Waals surface area contributed by atoms with E-state index in [0.29, 0.717) is 13.2 Å². The first-order valence-electron chi connectivity index (χ1n) is 3.45. The maximum absolute atomic E-state index is 12.4. The van der Waals surface area contributed by atoms with Crippen LogP contribution in [0.2, 0.25) is 0 Å². The van der Waals surface area contributed by atoms with E-state index in [-0.39, 0.29) is 13.1 Å². The van der Waals surface area contributed by atoms with Crippen molar-refractivity contribution in [2.24, 2.45) is 0 Å². The Morgan fingerprint density at radius 1 is 1.42 bits per heavy atom. The zero-order chi connectivity index (χ0) is 9.19. The van der Waals surface area contributed by atoms with Crippen molar-refractivity contribution < 1.29 is 18.3 Å². The summed E-state index contributed by atoms with van der Waals surface area (Å²) < 4.78 is 29.7. The smallest absolute Gasteiger partial charge is 0.377 e. The summed E-state index contributed by atoms with van der Waals surface area (Å²) in [7, 11) is 0. The second kappa shape index (κ2) is 3.66. The van der Waals surface area contributed by atoms with Gasteiger partial charge in [0.05, 0.1) is 13.2 Å².